The van der Waals surface area contributed by atoms with Crippen molar-refractivity contribution in [2.75, 3.05) is 16.8 Å². The minimum atomic E-state index is -0.520. The second-order valence-electron chi connectivity index (χ2n) is 7.78. The fourth-order valence-electron chi connectivity index (χ4n) is 3.70. The number of aromatic nitrogens is 2. The van der Waals surface area contributed by atoms with E-state index in [1.165, 1.54) is 42.0 Å². The van der Waals surface area contributed by atoms with Crippen LogP contribution in [-0.2, 0) is 4.79 Å². The molecule has 9 nitrogen and oxygen atoms in total. The second kappa shape index (κ2) is 8.46. The molecule has 0 saturated carbocycles. The number of hydrogen-bond donors (Lipinski definition) is 1. The number of rotatable bonds is 5. The van der Waals surface area contributed by atoms with Crippen molar-refractivity contribution in [3.63, 3.8) is 0 Å². The third-order valence-electron chi connectivity index (χ3n) is 5.68. The zero-order valence-corrected chi connectivity index (χ0v) is 18.6. The molecule has 1 atom stereocenters. The van der Waals surface area contributed by atoms with Gasteiger partial charge in [-0.15, -0.1) is 10.2 Å². The second-order valence-corrected chi connectivity index (χ2v) is 8.79. The molecular formula is C22H21N5O4S. The number of nitro groups is 1. The predicted octanol–water partition coefficient (Wildman–Crippen LogP) is 4.14. The summed E-state index contributed by atoms with van der Waals surface area (Å²) in [5, 5.41) is 22.9. The van der Waals surface area contributed by atoms with Crippen molar-refractivity contribution in [3.8, 4) is 0 Å². The molecule has 32 heavy (non-hydrogen) atoms. The van der Waals surface area contributed by atoms with Crippen LogP contribution in [0.15, 0.2) is 36.4 Å². The lowest BCUT2D eigenvalue weighted by Gasteiger charge is -2.17. The van der Waals surface area contributed by atoms with E-state index in [9.17, 15) is 19.7 Å². The Morgan fingerprint density at radius 2 is 1.97 bits per heavy atom. The standard InChI is InChI=1S/C22H21N5O4S/c1-12-7-8-16(9-13(12)2)26-11-15(10-19(26)28)21-24-25-22(32-21)23-20(29)17-5-4-6-18(14(17)3)27(30)31/h4-9,15H,10-11H2,1-3H3,(H,23,25,29). The SMILES string of the molecule is Cc1ccc(N2CC(c3nnc(NC(=O)c4cccc([N+](=O)[O-])c4C)s3)CC2=O)cc1C. The molecule has 1 aliphatic heterocycles. The lowest BCUT2D eigenvalue weighted by Crippen LogP contribution is -2.24. The fourth-order valence-corrected chi connectivity index (χ4v) is 4.53. The first-order valence-electron chi connectivity index (χ1n) is 10.0. The summed E-state index contributed by atoms with van der Waals surface area (Å²) < 4.78 is 0. The van der Waals surface area contributed by atoms with Gasteiger partial charge in [-0.25, -0.2) is 0 Å². The van der Waals surface area contributed by atoms with Crippen molar-refractivity contribution in [2.24, 2.45) is 0 Å². The summed E-state index contributed by atoms with van der Waals surface area (Å²) in [7, 11) is 0. The molecule has 1 unspecified atom stereocenters. The maximum Gasteiger partial charge on any atom is 0.273 e. The summed E-state index contributed by atoms with van der Waals surface area (Å²) in [6.07, 6.45) is 0.319. The molecular weight excluding hydrogens is 430 g/mol. The van der Waals surface area contributed by atoms with Crippen LogP contribution in [0.25, 0.3) is 0 Å². The normalized spacial score (nSPS) is 15.8. The summed E-state index contributed by atoms with van der Waals surface area (Å²) in [6.45, 7) is 6.07. The molecule has 0 bridgehead atoms. The average molecular weight is 452 g/mol. The largest absolute Gasteiger partial charge is 0.312 e. The Morgan fingerprint density at radius 3 is 2.69 bits per heavy atom. The quantitative estimate of drug-likeness (QED) is 0.460. The number of nitro benzene ring substituents is 1. The van der Waals surface area contributed by atoms with Crippen LogP contribution >= 0.6 is 11.3 Å². The van der Waals surface area contributed by atoms with Crippen LogP contribution in [0.5, 0.6) is 0 Å². The summed E-state index contributed by atoms with van der Waals surface area (Å²) in [6, 6.07) is 10.3. The van der Waals surface area contributed by atoms with Crippen molar-refractivity contribution in [1.29, 1.82) is 0 Å². The summed E-state index contributed by atoms with van der Waals surface area (Å²) in [5.74, 6) is -0.591. The number of anilines is 2. The highest BCUT2D eigenvalue weighted by atomic mass is 32.1. The van der Waals surface area contributed by atoms with E-state index >= 15 is 0 Å². The average Bonchev–Trinajstić information content (AvgIpc) is 3.36. The van der Waals surface area contributed by atoms with Gasteiger partial charge in [0.25, 0.3) is 11.6 Å². The summed E-state index contributed by atoms with van der Waals surface area (Å²) >= 11 is 1.21. The van der Waals surface area contributed by atoms with Crippen LogP contribution in [0.1, 0.15) is 44.4 Å². The number of hydrogen-bond acceptors (Lipinski definition) is 7. The topological polar surface area (TPSA) is 118 Å². The van der Waals surface area contributed by atoms with E-state index in [2.05, 4.69) is 15.5 Å². The van der Waals surface area contributed by atoms with Crippen LogP contribution in [0, 0.1) is 30.9 Å². The third-order valence-corrected chi connectivity index (χ3v) is 6.69. The van der Waals surface area contributed by atoms with E-state index in [-0.39, 0.29) is 33.8 Å². The minimum Gasteiger partial charge on any atom is -0.312 e. The van der Waals surface area contributed by atoms with Crippen LogP contribution < -0.4 is 10.2 Å². The van der Waals surface area contributed by atoms with Crippen molar-refractivity contribution >= 4 is 39.7 Å². The highest BCUT2D eigenvalue weighted by Crippen LogP contribution is 2.35. The lowest BCUT2D eigenvalue weighted by molar-refractivity contribution is -0.385. The maximum atomic E-state index is 12.6. The Labute approximate surface area is 188 Å². The first kappa shape index (κ1) is 21.6. The van der Waals surface area contributed by atoms with Crippen molar-refractivity contribution in [2.45, 2.75) is 33.1 Å². The molecule has 0 aliphatic carbocycles. The van der Waals surface area contributed by atoms with E-state index in [1.54, 1.807) is 4.90 Å². The Hall–Kier alpha value is -3.66. The van der Waals surface area contributed by atoms with Gasteiger partial charge in [0, 0.05) is 41.8 Å². The molecule has 3 aromatic rings. The highest BCUT2D eigenvalue weighted by molar-refractivity contribution is 7.15. The van der Waals surface area contributed by atoms with E-state index in [0.717, 1.165) is 11.3 Å². The van der Waals surface area contributed by atoms with Crippen molar-refractivity contribution < 1.29 is 14.5 Å². The van der Waals surface area contributed by atoms with Gasteiger partial charge in [0.1, 0.15) is 5.01 Å². The molecule has 0 spiro atoms. The maximum absolute atomic E-state index is 12.6. The number of aryl methyl sites for hydroxylation is 2. The van der Waals surface area contributed by atoms with Crippen LogP contribution in [0.3, 0.4) is 0 Å². The molecule has 10 heteroatoms. The van der Waals surface area contributed by atoms with Gasteiger partial charge in [-0.1, -0.05) is 23.5 Å². The predicted molar refractivity (Wildman–Crippen MR) is 121 cm³/mol. The van der Waals surface area contributed by atoms with Gasteiger partial charge in [-0.3, -0.25) is 25.0 Å². The molecule has 4 rings (SSSR count). The Kier molecular flexibility index (Phi) is 5.70. The zero-order valence-electron chi connectivity index (χ0n) is 17.8. The van der Waals surface area contributed by atoms with Gasteiger partial charge in [0.2, 0.25) is 11.0 Å². The zero-order chi connectivity index (χ0) is 23.0. The molecule has 0 radical (unpaired) electrons. The van der Waals surface area contributed by atoms with E-state index in [0.29, 0.717) is 18.0 Å². The van der Waals surface area contributed by atoms with Crippen LogP contribution in [-0.4, -0.2) is 33.5 Å². The molecule has 1 saturated heterocycles. The number of carbonyl (C=O) groups excluding carboxylic acids is 2. The number of nitrogens with zero attached hydrogens (tertiary/aromatic N) is 4. The number of amides is 2. The summed E-state index contributed by atoms with van der Waals surface area (Å²) in [4.78, 5) is 37.6. The molecule has 1 aromatic heterocycles. The fraction of sp³-hybridized carbons (Fsp3) is 0.273. The van der Waals surface area contributed by atoms with Crippen LogP contribution in [0.4, 0.5) is 16.5 Å². The van der Waals surface area contributed by atoms with E-state index < -0.39 is 10.8 Å². The van der Waals surface area contributed by atoms with Gasteiger partial charge < -0.3 is 4.90 Å². The first-order valence-corrected chi connectivity index (χ1v) is 10.8. The number of carbonyl (C=O) groups is 2. The number of nitrogens with one attached hydrogen (secondary N) is 1. The molecule has 1 aliphatic rings. The third kappa shape index (κ3) is 4.09. The van der Waals surface area contributed by atoms with E-state index in [4.69, 9.17) is 0 Å². The minimum absolute atomic E-state index is 0.0197. The Balaban J connectivity index is 1.48. The molecule has 1 N–H and O–H groups in total. The summed E-state index contributed by atoms with van der Waals surface area (Å²) in [5.41, 5.74) is 3.51. The van der Waals surface area contributed by atoms with Gasteiger partial charge >= 0.3 is 0 Å². The smallest absolute Gasteiger partial charge is 0.273 e. The van der Waals surface area contributed by atoms with Gasteiger partial charge in [-0.05, 0) is 50.1 Å². The van der Waals surface area contributed by atoms with Gasteiger partial charge in [-0.2, -0.15) is 0 Å². The molecule has 2 aromatic carbocycles. The van der Waals surface area contributed by atoms with Crippen LogP contribution in [0.2, 0.25) is 0 Å². The van der Waals surface area contributed by atoms with E-state index in [1.807, 2.05) is 32.0 Å². The monoisotopic (exact) mass is 451 g/mol. The Morgan fingerprint density at radius 1 is 1.19 bits per heavy atom. The lowest BCUT2D eigenvalue weighted by atomic mass is 10.1. The first-order chi connectivity index (χ1) is 15.2. The van der Waals surface area contributed by atoms with Crippen molar-refractivity contribution in [3.05, 3.63) is 73.8 Å². The molecule has 2 amide bonds. The Bertz CT molecular complexity index is 1240. The molecule has 1 fully saturated rings. The number of benzene rings is 2. The van der Waals surface area contributed by atoms with Gasteiger partial charge in [0.05, 0.1) is 4.92 Å². The van der Waals surface area contributed by atoms with Crippen molar-refractivity contribution in [1.82, 2.24) is 10.2 Å². The molecule has 2 heterocycles. The highest BCUT2D eigenvalue weighted by Gasteiger charge is 2.34. The molecule has 164 valence electrons. The van der Waals surface area contributed by atoms with Gasteiger partial charge in [0.15, 0.2) is 0 Å².